The third-order valence-electron chi connectivity index (χ3n) is 3.88. The molecule has 2 aromatic carbocycles. The van der Waals surface area contributed by atoms with Crippen molar-refractivity contribution in [3.63, 3.8) is 0 Å². The topological polar surface area (TPSA) is 52.6 Å². The van der Waals surface area contributed by atoms with Gasteiger partial charge < -0.3 is 9.47 Å². The maximum atomic E-state index is 11.9. The fourth-order valence-corrected chi connectivity index (χ4v) is 2.49. The SMILES string of the molecule is C=CC(=O)OCCCCCCC(=O)Oc1ccc(-c2ccccc2)cc1. The molecule has 0 heterocycles. The Labute approximate surface area is 154 Å². The van der Waals surface area contributed by atoms with Crippen molar-refractivity contribution in [2.24, 2.45) is 0 Å². The summed E-state index contributed by atoms with van der Waals surface area (Å²) in [6, 6.07) is 17.6. The van der Waals surface area contributed by atoms with Crippen LogP contribution in [0.5, 0.6) is 5.75 Å². The van der Waals surface area contributed by atoms with E-state index in [1.54, 1.807) is 0 Å². The van der Waals surface area contributed by atoms with E-state index in [4.69, 9.17) is 9.47 Å². The van der Waals surface area contributed by atoms with Gasteiger partial charge in [-0.3, -0.25) is 4.79 Å². The second kappa shape index (κ2) is 10.9. The van der Waals surface area contributed by atoms with Crippen LogP contribution in [0, 0.1) is 0 Å². The summed E-state index contributed by atoms with van der Waals surface area (Å²) in [5.41, 5.74) is 2.21. The van der Waals surface area contributed by atoms with E-state index < -0.39 is 5.97 Å². The van der Waals surface area contributed by atoms with Gasteiger partial charge in [-0.05, 0) is 36.1 Å². The largest absolute Gasteiger partial charge is 0.463 e. The summed E-state index contributed by atoms with van der Waals surface area (Å²) in [5.74, 6) is -0.0616. The molecule has 0 aliphatic carbocycles. The van der Waals surface area contributed by atoms with Crippen LogP contribution in [0.4, 0.5) is 0 Å². The third kappa shape index (κ3) is 6.93. The Morgan fingerprint density at radius 1 is 0.846 bits per heavy atom. The summed E-state index contributed by atoms with van der Waals surface area (Å²) >= 11 is 0. The molecule has 0 aliphatic rings. The lowest BCUT2D eigenvalue weighted by Gasteiger charge is -2.06. The van der Waals surface area contributed by atoms with Crippen molar-refractivity contribution >= 4 is 11.9 Å². The first-order chi connectivity index (χ1) is 12.7. The minimum Gasteiger partial charge on any atom is -0.463 e. The van der Waals surface area contributed by atoms with Gasteiger partial charge in [0.25, 0.3) is 0 Å². The minimum atomic E-state index is -0.396. The van der Waals surface area contributed by atoms with Gasteiger partial charge >= 0.3 is 11.9 Å². The number of benzene rings is 2. The Morgan fingerprint density at radius 3 is 2.19 bits per heavy atom. The molecule has 0 amide bonds. The summed E-state index contributed by atoms with van der Waals surface area (Å²) in [4.78, 5) is 22.7. The van der Waals surface area contributed by atoms with Gasteiger partial charge in [0.15, 0.2) is 0 Å². The Kier molecular flexibility index (Phi) is 8.13. The number of hydrogen-bond donors (Lipinski definition) is 0. The first kappa shape index (κ1) is 19.4. The molecule has 2 rings (SSSR count). The van der Waals surface area contributed by atoms with Gasteiger partial charge in [0.1, 0.15) is 5.75 Å². The normalized spacial score (nSPS) is 10.2. The number of rotatable bonds is 10. The van der Waals surface area contributed by atoms with E-state index in [9.17, 15) is 9.59 Å². The summed E-state index contributed by atoms with van der Waals surface area (Å²) in [5, 5.41) is 0. The highest BCUT2D eigenvalue weighted by Crippen LogP contribution is 2.22. The van der Waals surface area contributed by atoms with Crippen molar-refractivity contribution in [3.8, 4) is 16.9 Å². The zero-order valence-electron chi connectivity index (χ0n) is 14.9. The van der Waals surface area contributed by atoms with Gasteiger partial charge in [0, 0.05) is 12.5 Å². The molecule has 4 nitrogen and oxygen atoms in total. The molecular formula is C22H24O4. The van der Waals surface area contributed by atoms with E-state index in [1.807, 2.05) is 54.6 Å². The number of carbonyl (C=O) groups excluding carboxylic acids is 2. The molecule has 0 N–H and O–H groups in total. The van der Waals surface area contributed by atoms with Crippen LogP contribution in [-0.2, 0) is 14.3 Å². The monoisotopic (exact) mass is 352 g/mol. The molecule has 0 radical (unpaired) electrons. The standard InChI is InChI=1S/C22H24O4/c1-2-21(23)25-17-9-4-3-8-12-22(24)26-20-15-13-19(14-16-20)18-10-6-5-7-11-18/h2,5-7,10-11,13-16H,1,3-4,8-9,12,17H2. The van der Waals surface area contributed by atoms with Crippen molar-refractivity contribution in [2.75, 3.05) is 6.61 Å². The average Bonchev–Trinajstić information content (AvgIpc) is 2.68. The summed E-state index contributed by atoms with van der Waals surface area (Å²) in [7, 11) is 0. The predicted octanol–water partition coefficient (Wildman–Crippen LogP) is 4.94. The van der Waals surface area contributed by atoms with Crippen LogP contribution in [0.2, 0.25) is 0 Å². The van der Waals surface area contributed by atoms with Crippen LogP contribution in [-0.4, -0.2) is 18.5 Å². The molecule has 26 heavy (non-hydrogen) atoms. The van der Waals surface area contributed by atoms with Crippen LogP contribution in [0.15, 0.2) is 67.3 Å². The predicted molar refractivity (Wildman–Crippen MR) is 102 cm³/mol. The quantitative estimate of drug-likeness (QED) is 0.263. The summed E-state index contributed by atoms with van der Waals surface area (Å²) < 4.78 is 10.3. The highest BCUT2D eigenvalue weighted by Gasteiger charge is 2.05. The van der Waals surface area contributed by atoms with Gasteiger partial charge in [0.05, 0.1) is 6.61 Å². The second-order valence-corrected chi connectivity index (χ2v) is 5.90. The number of esters is 2. The smallest absolute Gasteiger partial charge is 0.330 e. The average molecular weight is 352 g/mol. The van der Waals surface area contributed by atoms with E-state index in [0.717, 1.165) is 42.9 Å². The molecule has 0 spiro atoms. The highest BCUT2D eigenvalue weighted by atomic mass is 16.5. The Bertz CT molecular complexity index is 705. The van der Waals surface area contributed by atoms with Crippen LogP contribution in [0.1, 0.15) is 32.1 Å². The molecule has 0 atom stereocenters. The molecule has 0 saturated heterocycles. The first-order valence-corrected chi connectivity index (χ1v) is 8.84. The van der Waals surface area contributed by atoms with Crippen molar-refractivity contribution in [2.45, 2.75) is 32.1 Å². The maximum Gasteiger partial charge on any atom is 0.330 e. The molecule has 0 fully saturated rings. The van der Waals surface area contributed by atoms with Gasteiger partial charge in [0.2, 0.25) is 0 Å². The maximum absolute atomic E-state index is 11.9. The lowest BCUT2D eigenvalue weighted by atomic mass is 10.1. The molecule has 0 aliphatic heterocycles. The third-order valence-corrected chi connectivity index (χ3v) is 3.88. The van der Waals surface area contributed by atoms with Gasteiger partial charge in [-0.15, -0.1) is 0 Å². The lowest BCUT2D eigenvalue weighted by molar-refractivity contribution is -0.137. The van der Waals surface area contributed by atoms with Crippen molar-refractivity contribution in [1.29, 1.82) is 0 Å². The summed E-state index contributed by atoms with van der Waals surface area (Å²) in [6.45, 7) is 3.73. The van der Waals surface area contributed by atoms with Crippen molar-refractivity contribution in [3.05, 3.63) is 67.3 Å². The summed E-state index contributed by atoms with van der Waals surface area (Å²) in [6.07, 6.45) is 4.89. The van der Waals surface area contributed by atoms with Crippen LogP contribution in [0.25, 0.3) is 11.1 Å². The number of unbranched alkanes of at least 4 members (excludes halogenated alkanes) is 3. The Morgan fingerprint density at radius 2 is 1.50 bits per heavy atom. The molecule has 0 aromatic heterocycles. The Hall–Kier alpha value is -2.88. The van der Waals surface area contributed by atoms with E-state index in [2.05, 4.69) is 6.58 Å². The molecule has 2 aromatic rings. The van der Waals surface area contributed by atoms with E-state index >= 15 is 0 Å². The van der Waals surface area contributed by atoms with Crippen molar-refractivity contribution in [1.82, 2.24) is 0 Å². The molecule has 0 unspecified atom stereocenters. The van der Waals surface area contributed by atoms with Crippen molar-refractivity contribution < 1.29 is 19.1 Å². The number of ether oxygens (including phenoxy) is 2. The lowest BCUT2D eigenvalue weighted by Crippen LogP contribution is -2.07. The van der Waals surface area contributed by atoms with E-state index in [-0.39, 0.29) is 5.97 Å². The van der Waals surface area contributed by atoms with E-state index in [1.165, 1.54) is 0 Å². The molecule has 0 saturated carbocycles. The fourth-order valence-electron chi connectivity index (χ4n) is 2.49. The second-order valence-electron chi connectivity index (χ2n) is 5.90. The zero-order chi connectivity index (χ0) is 18.6. The van der Waals surface area contributed by atoms with Crippen LogP contribution >= 0.6 is 0 Å². The van der Waals surface area contributed by atoms with E-state index in [0.29, 0.717) is 18.8 Å². The van der Waals surface area contributed by atoms with Gasteiger partial charge in [-0.25, -0.2) is 4.79 Å². The van der Waals surface area contributed by atoms with Crippen LogP contribution in [0.3, 0.4) is 0 Å². The van der Waals surface area contributed by atoms with Crippen LogP contribution < -0.4 is 4.74 Å². The fraction of sp³-hybridized carbons (Fsp3) is 0.273. The van der Waals surface area contributed by atoms with Gasteiger partial charge in [-0.2, -0.15) is 0 Å². The number of hydrogen-bond acceptors (Lipinski definition) is 4. The number of carbonyl (C=O) groups is 2. The molecule has 4 heteroatoms. The minimum absolute atomic E-state index is 0.226. The first-order valence-electron chi connectivity index (χ1n) is 8.84. The Balaban J connectivity index is 1.63. The zero-order valence-corrected chi connectivity index (χ0v) is 14.9. The molecular weight excluding hydrogens is 328 g/mol. The van der Waals surface area contributed by atoms with Gasteiger partial charge in [-0.1, -0.05) is 61.9 Å². The molecule has 0 bridgehead atoms. The molecule has 136 valence electrons. The highest BCUT2D eigenvalue weighted by molar-refractivity contribution is 5.81.